The van der Waals surface area contributed by atoms with Crippen molar-refractivity contribution in [3.05, 3.63) is 10.4 Å². The summed E-state index contributed by atoms with van der Waals surface area (Å²) in [6, 6.07) is -0.170. The second-order valence-electron chi connectivity index (χ2n) is 3.31. The Hall–Kier alpha value is -0.770. The minimum absolute atomic E-state index is 0.115. The van der Waals surface area contributed by atoms with E-state index in [-0.39, 0.29) is 12.1 Å². The van der Waals surface area contributed by atoms with E-state index < -0.39 is 5.79 Å². The summed E-state index contributed by atoms with van der Waals surface area (Å²) >= 11 is 0. The largest absolute Gasteiger partial charge is 0.348 e. The first kappa shape index (κ1) is 9.32. The van der Waals surface area contributed by atoms with Crippen LogP contribution in [-0.4, -0.2) is 24.5 Å². The molecule has 5 heteroatoms. The highest BCUT2D eigenvalue weighted by Crippen LogP contribution is 2.24. The summed E-state index contributed by atoms with van der Waals surface area (Å²) in [6.07, 6.45) is -0.115. The molecule has 0 aromatic rings. The number of nitrogens with zero attached hydrogens (tertiary/aromatic N) is 3. The Morgan fingerprint density at radius 3 is 2.75 bits per heavy atom. The normalized spacial score (nSPS) is 29.4. The topological polar surface area (TPSA) is 67.2 Å². The van der Waals surface area contributed by atoms with Gasteiger partial charge in [-0.2, -0.15) is 0 Å². The zero-order valence-electron chi connectivity index (χ0n) is 7.52. The van der Waals surface area contributed by atoms with Crippen LogP contribution in [0.5, 0.6) is 0 Å². The van der Waals surface area contributed by atoms with Crippen molar-refractivity contribution in [2.75, 3.05) is 6.61 Å². The molecule has 0 saturated carbocycles. The second kappa shape index (κ2) is 3.31. The zero-order chi connectivity index (χ0) is 9.19. The number of ether oxygens (including phenoxy) is 2. The van der Waals surface area contributed by atoms with Crippen molar-refractivity contribution in [1.29, 1.82) is 0 Å². The first-order valence-electron chi connectivity index (χ1n) is 3.91. The Labute approximate surface area is 71.3 Å². The summed E-state index contributed by atoms with van der Waals surface area (Å²) in [5.41, 5.74) is 8.19. The highest BCUT2D eigenvalue weighted by Gasteiger charge is 2.35. The minimum atomic E-state index is -0.538. The average molecular weight is 171 g/mol. The molecule has 0 N–H and O–H groups in total. The first-order chi connectivity index (χ1) is 5.55. The van der Waals surface area contributed by atoms with Gasteiger partial charge in [-0.05, 0) is 19.4 Å². The maximum Gasteiger partial charge on any atom is 0.163 e. The SMILES string of the molecule is CC(N=[N+]=[N-])[C@@H]1COC(C)(C)O1. The summed E-state index contributed by atoms with van der Waals surface area (Å²) in [7, 11) is 0. The second-order valence-corrected chi connectivity index (χ2v) is 3.31. The van der Waals surface area contributed by atoms with Gasteiger partial charge in [0.2, 0.25) is 0 Å². The molecule has 1 saturated heterocycles. The fourth-order valence-electron chi connectivity index (χ4n) is 1.11. The van der Waals surface area contributed by atoms with Gasteiger partial charge in [-0.25, -0.2) is 0 Å². The molecule has 0 radical (unpaired) electrons. The Kier molecular flexibility index (Phi) is 2.57. The Morgan fingerprint density at radius 2 is 2.33 bits per heavy atom. The third-order valence-electron chi connectivity index (χ3n) is 1.80. The molecule has 1 rings (SSSR count). The quantitative estimate of drug-likeness (QED) is 0.361. The van der Waals surface area contributed by atoms with Crippen LogP contribution in [0.2, 0.25) is 0 Å². The summed E-state index contributed by atoms with van der Waals surface area (Å²) in [4.78, 5) is 2.72. The molecule has 0 bridgehead atoms. The van der Waals surface area contributed by atoms with E-state index in [0.717, 1.165) is 0 Å². The fraction of sp³-hybridized carbons (Fsp3) is 1.00. The molecule has 12 heavy (non-hydrogen) atoms. The van der Waals surface area contributed by atoms with E-state index in [4.69, 9.17) is 15.0 Å². The van der Waals surface area contributed by atoms with Crippen molar-refractivity contribution in [3.8, 4) is 0 Å². The molecule has 1 unspecified atom stereocenters. The van der Waals surface area contributed by atoms with Gasteiger partial charge in [0.15, 0.2) is 5.79 Å². The van der Waals surface area contributed by atoms with Crippen LogP contribution in [-0.2, 0) is 9.47 Å². The molecule has 0 spiro atoms. The lowest BCUT2D eigenvalue weighted by molar-refractivity contribution is -0.140. The highest BCUT2D eigenvalue weighted by molar-refractivity contribution is 4.79. The van der Waals surface area contributed by atoms with Gasteiger partial charge in [-0.1, -0.05) is 12.0 Å². The number of hydrogen-bond donors (Lipinski definition) is 0. The summed E-state index contributed by atoms with van der Waals surface area (Å²) in [6.45, 7) is 5.99. The predicted octanol–water partition coefficient (Wildman–Crippen LogP) is 1.84. The lowest BCUT2D eigenvalue weighted by Crippen LogP contribution is -2.27. The number of hydrogen-bond acceptors (Lipinski definition) is 3. The molecule has 1 aliphatic rings. The number of rotatable bonds is 2. The van der Waals surface area contributed by atoms with Crippen LogP contribution in [0.1, 0.15) is 20.8 Å². The maximum absolute atomic E-state index is 8.19. The van der Waals surface area contributed by atoms with Crippen molar-refractivity contribution in [2.45, 2.75) is 38.7 Å². The fourth-order valence-corrected chi connectivity index (χ4v) is 1.11. The predicted molar refractivity (Wildman–Crippen MR) is 43.5 cm³/mol. The molecule has 1 heterocycles. The first-order valence-corrected chi connectivity index (χ1v) is 3.91. The smallest absolute Gasteiger partial charge is 0.163 e. The van der Waals surface area contributed by atoms with E-state index >= 15 is 0 Å². The maximum atomic E-state index is 8.19. The Balaban J connectivity index is 2.52. The summed E-state index contributed by atoms with van der Waals surface area (Å²) in [5.74, 6) is -0.538. The van der Waals surface area contributed by atoms with Gasteiger partial charge >= 0.3 is 0 Å². The van der Waals surface area contributed by atoms with Crippen molar-refractivity contribution < 1.29 is 9.47 Å². The molecule has 1 fully saturated rings. The van der Waals surface area contributed by atoms with Crippen molar-refractivity contribution in [1.82, 2.24) is 0 Å². The van der Waals surface area contributed by atoms with E-state index in [1.165, 1.54) is 0 Å². The third kappa shape index (κ3) is 2.11. The van der Waals surface area contributed by atoms with Gasteiger partial charge in [0.25, 0.3) is 0 Å². The van der Waals surface area contributed by atoms with Gasteiger partial charge in [0, 0.05) is 4.91 Å². The highest BCUT2D eigenvalue weighted by atomic mass is 16.7. The molecule has 1 aliphatic heterocycles. The van der Waals surface area contributed by atoms with Gasteiger partial charge in [-0.15, -0.1) is 0 Å². The van der Waals surface area contributed by atoms with Crippen molar-refractivity contribution in [3.63, 3.8) is 0 Å². The molecule has 0 aliphatic carbocycles. The van der Waals surface area contributed by atoms with E-state index in [9.17, 15) is 0 Å². The lowest BCUT2D eigenvalue weighted by atomic mass is 10.2. The molecule has 0 amide bonds. The molecule has 68 valence electrons. The van der Waals surface area contributed by atoms with Gasteiger partial charge in [0.05, 0.1) is 18.8 Å². The van der Waals surface area contributed by atoms with E-state index in [0.29, 0.717) is 6.61 Å². The van der Waals surface area contributed by atoms with E-state index in [2.05, 4.69) is 10.0 Å². The summed E-state index contributed by atoms with van der Waals surface area (Å²) < 4.78 is 10.8. The van der Waals surface area contributed by atoms with Crippen molar-refractivity contribution >= 4 is 0 Å². The molecular weight excluding hydrogens is 158 g/mol. The van der Waals surface area contributed by atoms with Crippen LogP contribution >= 0.6 is 0 Å². The Morgan fingerprint density at radius 1 is 1.67 bits per heavy atom. The molecule has 0 aromatic heterocycles. The van der Waals surface area contributed by atoms with E-state index in [1.807, 2.05) is 20.8 Å². The number of azide groups is 1. The molecule has 0 aromatic carbocycles. The van der Waals surface area contributed by atoms with Crippen LogP contribution < -0.4 is 0 Å². The third-order valence-corrected chi connectivity index (χ3v) is 1.80. The molecule has 2 atom stereocenters. The minimum Gasteiger partial charge on any atom is -0.348 e. The van der Waals surface area contributed by atoms with Crippen LogP contribution in [0.4, 0.5) is 0 Å². The molecule has 5 nitrogen and oxygen atoms in total. The van der Waals surface area contributed by atoms with Crippen LogP contribution in [0.25, 0.3) is 10.4 Å². The van der Waals surface area contributed by atoms with Crippen LogP contribution in [0.3, 0.4) is 0 Å². The van der Waals surface area contributed by atoms with Gasteiger partial charge in [0.1, 0.15) is 0 Å². The monoisotopic (exact) mass is 171 g/mol. The van der Waals surface area contributed by atoms with Gasteiger partial charge < -0.3 is 9.47 Å². The van der Waals surface area contributed by atoms with Crippen LogP contribution in [0.15, 0.2) is 5.11 Å². The standard InChI is InChI=1S/C7H13N3O2/c1-5(9-10-8)6-4-11-7(2,3)12-6/h5-6H,4H2,1-3H3/t5?,6-/m0/s1. The van der Waals surface area contributed by atoms with Crippen LogP contribution in [0, 0.1) is 0 Å². The van der Waals surface area contributed by atoms with Gasteiger partial charge in [-0.3, -0.25) is 0 Å². The lowest BCUT2D eigenvalue weighted by Gasteiger charge is -2.18. The average Bonchev–Trinajstić information content (AvgIpc) is 2.31. The Bertz CT molecular complexity index is 211. The van der Waals surface area contributed by atoms with E-state index in [1.54, 1.807) is 0 Å². The molecular formula is C7H13N3O2. The zero-order valence-corrected chi connectivity index (χ0v) is 7.52. The van der Waals surface area contributed by atoms with Crippen molar-refractivity contribution in [2.24, 2.45) is 5.11 Å². The summed E-state index contributed by atoms with van der Waals surface area (Å²) in [5, 5.41) is 3.55.